The topological polar surface area (TPSA) is 124 Å². The molecule has 0 saturated heterocycles. The molecule has 1 N–H and O–H groups in total. The summed E-state index contributed by atoms with van der Waals surface area (Å²) in [6.45, 7) is 4.13. The van der Waals surface area contributed by atoms with E-state index in [-0.39, 0.29) is 28.5 Å². The van der Waals surface area contributed by atoms with Gasteiger partial charge in [0.15, 0.2) is 14.6 Å². The van der Waals surface area contributed by atoms with Crippen LogP contribution in [0.2, 0.25) is 0 Å². The Morgan fingerprint density at radius 2 is 2.05 bits per heavy atom. The number of terminal acetylenes is 1. The van der Waals surface area contributed by atoms with Gasteiger partial charge in [-0.15, -0.1) is 17.8 Å². The van der Waals surface area contributed by atoms with Crippen LogP contribution in [0.3, 0.4) is 0 Å². The maximum absolute atomic E-state index is 12.8. The van der Waals surface area contributed by atoms with Crippen LogP contribution in [-0.4, -0.2) is 48.9 Å². The molecule has 1 unspecified atom stereocenters. The average molecular weight is 653 g/mol. The number of rotatable bonds is 8. The summed E-state index contributed by atoms with van der Waals surface area (Å²) in [6, 6.07) is 5.51. The van der Waals surface area contributed by atoms with Crippen molar-refractivity contribution in [3.05, 3.63) is 43.5 Å². The molecule has 0 aliphatic heterocycles. The number of fused-ring (bicyclic) bond motifs is 2. The lowest BCUT2D eigenvalue weighted by atomic mass is 9.88. The lowest BCUT2D eigenvalue weighted by molar-refractivity contribution is -0.115. The Bertz CT molecular complexity index is 1680. The molecule has 0 spiro atoms. The number of anilines is 1. The van der Waals surface area contributed by atoms with Crippen molar-refractivity contribution in [1.29, 1.82) is 0 Å². The molecule has 9 nitrogen and oxygen atoms in total. The third-order valence-electron chi connectivity index (χ3n) is 6.05. The summed E-state index contributed by atoms with van der Waals surface area (Å²) in [5, 5.41) is 2.85. The molecule has 0 fully saturated rings. The van der Waals surface area contributed by atoms with E-state index in [2.05, 4.69) is 39.1 Å². The van der Waals surface area contributed by atoms with Gasteiger partial charge in [0, 0.05) is 9.35 Å². The van der Waals surface area contributed by atoms with Gasteiger partial charge in [-0.2, -0.15) is 4.99 Å². The van der Waals surface area contributed by atoms with Crippen LogP contribution < -0.4 is 10.1 Å². The first-order chi connectivity index (χ1) is 18.5. The number of nitrogens with zero attached hydrogens (tertiary/aromatic N) is 2. The van der Waals surface area contributed by atoms with Crippen molar-refractivity contribution >= 4 is 81.4 Å². The second kappa shape index (κ2) is 12.2. The van der Waals surface area contributed by atoms with E-state index in [0.717, 1.165) is 38.0 Å². The number of ether oxygens (including phenoxy) is 1. The maximum Gasteiger partial charge on any atom is 0.341 e. The fourth-order valence-electron chi connectivity index (χ4n) is 4.38. The quantitative estimate of drug-likeness (QED) is 0.291. The first-order valence-corrected chi connectivity index (χ1v) is 16.4. The number of amides is 2. The molecular weight excluding hydrogens is 626 g/mol. The molecule has 206 valence electrons. The number of esters is 1. The molecule has 1 aromatic carbocycles. The van der Waals surface area contributed by atoms with Crippen LogP contribution in [0.4, 0.5) is 5.00 Å². The zero-order valence-corrected chi connectivity index (χ0v) is 25.3. The van der Waals surface area contributed by atoms with Crippen molar-refractivity contribution in [2.45, 2.75) is 39.7 Å². The number of benzene rings is 1. The minimum atomic E-state index is -4.16. The minimum Gasteiger partial charge on any atom is -0.462 e. The van der Waals surface area contributed by atoms with Crippen LogP contribution in [0, 0.1) is 18.3 Å². The number of carbonyl (C=O) groups excluding carboxylic acids is 3. The fourth-order valence-corrected chi connectivity index (χ4v) is 8.40. The molecule has 2 amide bonds. The van der Waals surface area contributed by atoms with Crippen molar-refractivity contribution in [2.24, 2.45) is 10.9 Å². The Morgan fingerprint density at radius 3 is 2.77 bits per heavy atom. The Morgan fingerprint density at radius 1 is 1.28 bits per heavy atom. The lowest BCUT2D eigenvalue weighted by Crippen LogP contribution is -2.28. The monoisotopic (exact) mass is 651 g/mol. The third kappa shape index (κ3) is 6.87. The van der Waals surface area contributed by atoms with Gasteiger partial charge in [0.25, 0.3) is 5.91 Å². The number of carbonyl (C=O) groups is 3. The van der Waals surface area contributed by atoms with E-state index >= 15 is 0 Å². The van der Waals surface area contributed by atoms with Crippen LogP contribution in [0.15, 0.2) is 27.7 Å². The zero-order chi connectivity index (χ0) is 28.3. The van der Waals surface area contributed by atoms with E-state index in [1.807, 2.05) is 18.2 Å². The van der Waals surface area contributed by atoms with E-state index in [1.54, 1.807) is 11.5 Å². The largest absolute Gasteiger partial charge is 0.462 e. The van der Waals surface area contributed by atoms with Gasteiger partial charge in [0.1, 0.15) is 16.5 Å². The molecule has 2 aromatic heterocycles. The van der Waals surface area contributed by atoms with Gasteiger partial charge < -0.3 is 14.6 Å². The van der Waals surface area contributed by atoms with Gasteiger partial charge in [0.05, 0.1) is 28.9 Å². The maximum atomic E-state index is 12.8. The van der Waals surface area contributed by atoms with E-state index < -0.39 is 39.1 Å². The number of hydrogen-bond acceptors (Lipinski definition) is 8. The highest BCUT2D eigenvalue weighted by Gasteiger charge is 2.30. The van der Waals surface area contributed by atoms with E-state index in [1.165, 1.54) is 22.7 Å². The molecule has 3 aromatic rings. The number of aromatic nitrogens is 1. The Kier molecular flexibility index (Phi) is 9.10. The van der Waals surface area contributed by atoms with Crippen LogP contribution in [0.5, 0.6) is 0 Å². The van der Waals surface area contributed by atoms with Crippen molar-refractivity contribution in [2.75, 3.05) is 23.4 Å². The summed E-state index contributed by atoms with van der Waals surface area (Å²) in [5.41, 5.74) is 1.90. The van der Waals surface area contributed by atoms with Gasteiger partial charge in [-0.1, -0.05) is 40.1 Å². The first kappa shape index (κ1) is 29.2. The first-order valence-electron chi connectivity index (χ1n) is 12.1. The van der Waals surface area contributed by atoms with Crippen LogP contribution in [-0.2, 0) is 43.5 Å². The Hall–Kier alpha value is -2.79. The van der Waals surface area contributed by atoms with Crippen molar-refractivity contribution in [3.8, 4) is 12.3 Å². The Labute approximate surface area is 242 Å². The number of thiophene rings is 1. The van der Waals surface area contributed by atoms with E-state index in [0.29, 0.717) is 12.3 Å². The molecule has 0 radical (unpaired) electrons. The molecule has 1 aliphatic rings. The number of hydrogen-bond donors (Lipinski definition) is 1. The van der Waals surface area contributed by atoms with Crippen molar-refractivity contribution in [1.82, 2.24) is 4.57 Å². The van der Waals surface area contributed by atoms with Crippen LogP contribution in [0.1, 0.15) is 41.1 Å². The highest BCUT2D eigenvalue weighted by molar-refractivity contribution is 9.10. The van der Waals surface area contributed by atoms with Gasteiger partial charge in [-0.3, -0.25) is 9.59 Å². The fraction of sp³-hybridized carbons (Fsp3) is 0.385. The molecule has 1 atom stereocenters. The molecule has 39 heavy (non-hydrogen) atoms. The summed E-state index contributed by atoms with van der Waals surface area (Å²) < 4.78 is 34.0. The predicted octanol–water partition coefficient (Wildman–Crippen LogP) is 3.94. The molecule has 4 rings (SSSR count). The minimum absolute atomic E-state index is 0.148. The van der Waals surface area contributed by atoms with Crippen molar-refractivity contribution < 1.29 is 27.5 Å². The molecule has 1 aliphatic carbocycles. The van der Waals surface area contributed by atoms with E-state index in [4.69, 9.17) is 11.2 Å². The Balaban J connectivity index is 1.52. The van der Waals surface area contributed by atoms with Crippen LogP contribution in [0.25, 0.3) is 10.2 Å². The zero-order valence-electron chi connectivity index (χ0n) is 21.3. The van der Waals surface area contributed by atoms with Crippen LogP contribution >= 0.6 is 38.6 Å². The summed E-state index contributed by atoms with van der Waals surface area (Å²) >= 11 is 5.87. The number of nitrogens with one attached hydrogen (secondary N) is 1. The molecule has 0 bridgehead atoms. The number of sulfone groups is 1. The highest BCUT2D eigenvalue weighted by atomic mass is 79.9. The third-order valence-corrected chi connectivity index (χ3v) is 10.1. The lowest BCUT2D eigenvalue weighted by Gasteiger charge is -2.18. The van der Waals surface area contributed by atoms with Gasteiger partial charge in [0.2, 0.25) is 5.91 Å². The molecule has 2 heterocycles. The standard InChI is InChI=1S/C26H26BrN3O6S3/c1-4-10-30-18-9-7-16(27)12-20(18)38-26(30)29-22(32)14-39(34,35)13-21(31)28-24-23(25(33)36-5-2)17-8-6-15(3)11-19(17)37-24/h1,7,9,12,15H,5-6,8,10-11,13-14H2,2-3H3,(H,28,31). The van der Waals surface area contributed by atoms with Gasteiger partial charge >= 0.3 is 5.97 Å². The summed E-state index contributed by atoms with van der Waals surface area (Å²) in [4.78, 5) is 43.3. The average Bonchev–Trinajstić information content (AvgIpc) is 3.34. The number of thiazole rings is 1. The van der Waals surface area contributed by atoms with E-state index in [9.17, 15) is 22.8 Å². The summed E-state index contributed by atoms with van der Waals surface area (Å²) in [7, 11) is -4.16. The van der Waals surface area contributed by atoms with Gasteiger partial charge in [-0.05, 0) is 55.9 Å². The summed E-state index contributed by atoms with van der Waals surface area (Å²) in [5.74, 6) is -1.23. The molecule has 0 saturated carbocycles. The highest BCUT2D eigenvalue weighted by Crippen LogP contribution is 2.40. The number of halogens is 1. The van der Waals surface area contributed by atoms with Gasteiger partial charge in [-0.25, -0.2) is 13.2 Å². The van der Waals surface area contributed by atoms with Crippen molar-refractivity contribution in [3.63, 3.8) is 0 Å². The predicted molar refractivity (Wildman–Crippen MR) is 156 cm³/mol. The second-order valence-corrected chi connectivity index (χ2v) is 14.2. The second-order valence-electron chi connectivity index (χ2n) is 9.15. The molecule has 13 heteroatoms. The molecular formula is C26H26BrN3O6S3. The smallest absolute Gasteiger partial charge is 0.341 e. The normalized spacial score (nSPS) is 15.5. The summed E-state index contributed by atoms with van der Waals surface area (Å²) in [6.07, 6.45) is 7.83. The SMILES string of the molecule is C#CCn1c(=NC(=O)CS(=O)(=O)CC(=O)Nc2sc3c(c2C(=O)OCC)CCC(C)C3)sc2cc(Br)ccc21.